The van der Waals surface area contributed by atoms with Crippen molar-refractivity contribution < 1.29 is 14.4 Å². The molecule has 10 heteroatoms. The second-order valence-corrected chi connectivity index (χ2v) is 9.09. The Morgan fingerprint density at radius 3 is 2.08 bits per heavy atom. The van der Waals surface area contributed by atoms with Crippen LogP contribution in [0.4, 0.5) is 23.0 Å². The first-order valence-corrected chi connectivity index (χ1v) is 12.7. The Labute approximate surface area is 227 Å². The molecular weight excluding hydrogens is 496 g/mol. The topological polar surface area (TPSA) is 106 Å². The van der Waals surface area contributed by atoms with Crippen LogP contribution >= 0.6 is 0 Å². The van der Waals surface area contributed by atoms with E-state index in [-0.39, 0.29) is 17.5 Å². The van der Waals surface area contributed by atoms with E-state index >= 15 is 0 Å². The van der Waals surface area contributed by atoms with Gasteiger partial charge in [0, 0.05) is 32.2 Å². The molecule has 1 aliphatic heterocycles. The number of aromatic nitrogens is 2. The lowest BCUT2D eigenvalue weighted by Gasteiger charge is -2.40. The second kappa shape index (κ2) is 11.8. The highest BCUT2D eigenvalue weighted by Gasteiger charge is 2.32. The van der Waals surface area contributed by atoms with Gasteiger partial charge in [0.25, 0.3) is 0 Å². The third-order valence-electron chi connectivity index (χ3n) is 6.86. The van der Waals surface area contributed by atoms with E-state index in [1.807, 2.05) is 17.0 Å². The zero-order valence-corrected chi connectivity index (χ0v) is 21.9. The number of piperazine rings is 1. The highest BCUT2D eigenvalue weighted by atomic mass is 16.6. The molecule has 3 aromatic carbocycles. The van der Waals surface area contributed by atoms with Gasteiger partial charge in [-0.05, 0) is 23.3 Å². The Morgan fingerprint density at radius 2 is 1.51 bits per heavy atom. The van der Waals surface area contributed by atoms with Crippen molar-refractivity contribution in [3.63, 3.8) is 0 Å². The van der Waals surface area contributed by atoms with Crippen molar-refractivity contribution in [2.45, 2.75) is 6.04 Å². The molecule has 0 spiro atoms. The third-order valence-corrected chi connectivity index (χ3v) is 6.86. The van der Waals surface area contributed by atoms with Crippen molar-refractivity contribution in [3.8, 4) is 11.5 Å². The molecule has 200 valence electrons. The quantitative estimate of drug-likeness (QED) is 0.237. The minimum atomic E-state index is -0.434. The minimum Gasteiger partial charge on any atom is -0.497 e. The average Bonchev–Trinajstić information content (AvgIpc) is 2.99. The lowest BCUT2D eigenvalue weighted by molar-refractivity contribution is -0.383. The van der Waals surface area contributed by atoms with Gasteiger partial charge in [0.1, 0.15) is 17.8 Å². The van der Waals surface area contributed by atoms with Crippen LogP contribution in [0.2, 0.25) is 0 Å². The van der Waals surface area contributed by atoms with Crippen LogP contribution in [0, 0.1) is 10.1 Å². The Bertz CT molecular complexity index is 1370. The smallest absolute Gasteiger partial charge is 0.353 e. The lowest BCUT2D eigenvalue weighted by atomic mass is 9.96. The van der Waals surface area contributed by atoms with Gasteiger partial charge in [-0.15, -0.1) is 0 Å². The number of methoxy groups -OCH3 is 2. The summed E-state index contributed by atoms with van der Waals surface area (Å²) in [6.45, 7) is 2.59. The summed E-state index contributed by atoms with van der Waals surface area (Å²) in [4.78, 5) is 24.8. The summed E-state index contributed by atoms with van der Waals surface area (Å²) < 4.78 is 10.7. The first kappa shape index (κ1) is 25.9. The van der Waals surface area contributed by atoms with Gasteiger partial charge in [-0.25, -0.2) is 9.97 Å². The maximum absolute atomic E-state index is 12.3. The number of rotatable bonds is 9. The highest BCUT2D eigenvalue weighted by Crippen LogP contribution is 2.38. The molecule has 1 aromatic heterocycles. The number of nitrogens with one attached hydrogen (secondary N) is 1. The molecule has 39 heavy (non-hydrogen) atoms. The summed E-state index contributed by atoms with van der Waals surface area (Å²) >= 11 is 0. The number of ether oxygens (including phenoxy) is 2. The number of benzene rings is 3. The number of hydrogen-bond acceptors (Lipinski definition) is 9. The van der Waals surface area contributed by atoms with E-state index in [0.717, 1.165) is 0 Å². The van der Waals surface area contributed by atoms with Crippen molar-refractivity contribution in [1.29, 1.82) is 0 Å². The maximum Gasteiger partial charge on any atom is 0.353 e. The zero-order chi connectivity index (χ0) is 27.2. The number of anilines is 3. The van der Waals surface area contributed by atoms with E-state index in [4.69, 9.17) is 9.47 Å². The van der Waals surface area contributed by atoms with Gasteiger partial charge in [0.15, 0.2) is 0 Å². The molecule has 2 heterocycles. The standard InChI is InChI=1S/C29H30N6O4/c1-38-23-13-14-24(25(19-23)39-2)32-28-27(35(36)37)29(31-20-30-28)34-17-15-33(16-18-34)26(21-9-5-3-6-10-21)22-11-7-4-8-12-22/h3-14,19-20,26H,15-18H2,1-2H3,(H,30,31,32). The predicted octanol–water partition coefficient (Wildman–Crippen LogP) is 5.06. The van der Waals surface area contributed by atoms with E-state index in [1.54, 1.807) is 25.3 Å². The van der Waals surface area contributed by atoms with Crippen LogP contribution in [0.25, 0.3) is 0 Å². The first-order valence-electron chi connectivity index (χ1n) is 12.7. The van der Waals surface area contributed by atoms with Gasteiger partial charge in [0.2, 0.25) is 11.6 Å². The maximum atomic E-state index is 12.3. The van der Waals surface area contributed by atoms with Crippen LogP contribution in [-0.4, -0.2) is 60.2 Å². The Hall–Kier alpha value is -4.70. The van der Waals surface area contributed by atoms with Gasteiger partial charge in [-0.3, -0.25) is 15.0 Å². The zero-order valence-electron chi connectivity index (χ0n) is 21.9. The first-order chi connectivity index (χ1) is 19.1. The fourth-order valence-corrected chi connectivity index (χ4v) is 4.97. The highest BCUT2D eigenvalue weighted by molar-refractivity contribution is 5.77. The van der Waals surface area contributed by atoms with Crippen molar-refractivity contribution in [1.82, 2.24) is 14.9 Å². The number of hydrogen-bond donors (Lipinski definition) is 1. The molecule has 0 radical (unpaired) electrons. The predicted molar refractivity (Wildman–Crippen MR) is 150 cm³/mol. The number of nitro groups is 1. The Morgan fingerprint density at radius 1 is 0.872 bits per heavy atom. The van der Waals surface area contributed by atoms with Crippen LogP contribution in [-0.2, 0) is 0 Å². The lowest BCUT2D eigenvalue weighted by Crippen LogP contribution is -2.48. The van der Waals surface area contributed by atoms with Gasteiger partial charge < -0.3 is 19.7 Å². The molecule has 10 nitrogen and oxygen atoms in total. The van der Waals surface area contributed by atoms with Gasteiger partial charge in [0.05, 0.1) is 30.9 Å². The normalized spacial score (nSPS) is 13.8. The van der Waals surface area contributed by atoms with E-state index in [9.17, 15) is 10.1 Å². The van der Waals surface area contributed by atoms with Crippen molar-refractivity contribution in [2.24, 2.45) is 0 Å². The molecule has 0 unspecified atom stereocenters. The largest absolute Gasteiger partial charge is 0.497 e. The SMILES string of the molecule is COc1ccc(Nc2ncnc(N3CCN(C(c4ccccc4)c4ccccc4)CC3)c2[N+](=O)[O-])c(OC)c1. The summed E-state index contributed by atoms with van der Waals surface area (Å²) in [5, 5.41) is 15.3. The van der Waals surface area contributed by atoms with E-state index in [0.29, 0.717) is 49.2 Å². The van der Waals surface area contributed by atoms with Gasteiger partial charge >= 0.3 is 5.69 Å². The van der Waals surface area contributed by atoms with E-state index < -0.39 is 4.92 Å². The molecule has 0 bridgehead atoms. The van der Waals surface area contributed by atoms with Crippen LogP contribution in [0.1, 0.15) is 17.2 Å². The fraction of sp³-hybridized carbons (Fsp3) is 0.241. The molecule has 1 N–H and O–H groups in total. The Kier molecular flexibility index (Phi) is 7.83. The minimum absolute atomic E-state index is 0.0923. The molecule has 1 saturated heterocycles. The molecule has 1 aliphatic rings. The Balaban J connectivity index is 1.40. The van der Waals surface area contributed by atoms with Crippen LogP contribution < -0.4 is 19.7 Å². The molecule has 0 aliphatic carbocycles. The summed E-state index contributed by atoms with van der Waals surface area (Å²) in [6, 6.07) is 26.1. The molecule has 1 fully saturated rings. The van der Waals surface area contributed by atoms with Crippen LogP contribution in [0.15, 0.2) is 85.2 Å². The summed E-state index contributed by atoms with van der Waals surface area (Å²) in [6.07, 6.45) is 1.35. The summed E-state index contributed by atoms with van der Waals surface area (Å²) in [5.74, 6) is 1.48. The molecule has 0 saturated carbocycles. The molecule has 0 atom stereocenters. The monoisotopic (exact) mass is 526 g/mol. The van der Waals surface area contributed by atoms with Crippen molar-refractivity contribution in [3.05, 3.63) is 106 Å². The van der Waals surface area contributed by atoms with Crippen molar-refractivity contribution in [2.75, 3.05) is 50.6 Å². The molecule has 4 aromatic rings. The summed E-state index contributed by atoms with van der Waals surface area (Å²) in [7, 11) is 3.09. The molecule has 0 amide bonds. The van der Waals surface area contributed by atoms with Gasteiger partial charge in [-0.1, -0.05) is 60.7 Å². The molecular formula is C29H30N6O4. The third kappa shape index (κ3) is 5.60. The average molecular weight is 527 g/mol. The van der Waals surface area contributed by atoms with Crippen LogP contribution in [0.3, 0.4) is 0 Å². The second-order valence-electron chi connectivity index (χ2n) is 9.09. The van der Waals surface area contributed by atoms with E-state index in [1.165, 1.54) is 24.6 Å². The summed E-state index contributed by atoms with van der Waals surface area (Å²) in [5.41, 5.74) is 2.78. The molecule has 5 rings (SSSR count). The van der Waals surface area contributed by atoms with Crippen molar-refractivity contribution >= 4 is 23.0 Å². The van der Waals surface area contributed by atoms with E-state index in [2.05, 4.69) is 68.7 Å². The van der Waals surface area contributed by atoms with Gasteiger partial charge in [-0.2, -0.15) is 0 Å². The number of nitrogens with zero attached hydrogens (tertiary/aromatic N) is 5. The fourth-order valence-electron chi connectivity index (χ4n) is 4.97. The van der Waals surface area contributed by atoms with Crippen LogP contribution in [0.5, 0.6) is 11.5 Å².